The van der Waals surface area contributed by atoms with Crippen LogP contribution in [0.3, 0.4) is 0 Å². The molecule has 0 fully saturated rings. The number of non-ortho nitro benzene ring substituents is 1. The van der Waals surface area contributed by atoms with Crippen LogP contribution in [0.1, 0.15) is 11.9 Å². The van der Waals surface area contributed by atoms with E-state index in [1.165, 1.54) is 26.4 Å². The first kappa shape index (κ1) is 10.6. The number of ether oxygens (including phenoxy) is 2. The standard InChI is InChI=1S/C9H11NO4/c1-13-9(14-2)7-4-3-5-8(6-7)10(11)12/h3-6,9H,1-2H3. The Morgan fingerprint density at radius 3 is 2.50 bits per heavy atom. The molecule has 14 heavy (non-hydrogen) atoms. The SMILES string of the molecule is COC(OC)c1cccc([N+](=O)[O-])c1. The normalized spacial score (nSPS) is 10.5. The van der Waals surface area contributed by atoms with E-state index in [1.807, 2.05) is 0 Å². The molecule has 0 saturated heterocycles. The van der Waals surface area contributed by atoms with E-state index in [4.69, 9.17) is 9.47 Å². The Bertz CT molecular complexity index is 322. The summed E-state index contributed by atoms with van der Waals surface area (Å²) in [5.41, 5.74) is 0.658. The maximum atomic E-state index is 10.5. The van der Waals surface area contributed by atoms with Crippen molar-refractivity contribution in [3.63, 3.8) is 0 Å². The Hall–Kier alpha value is -1.46. The smallest absolute Gasteiger partial charge is 0.269 e. The van der Waals surface area contributed by atoms with Crippen LogP contribution in [0, 0.1) is 10.1 Å². The molecule has 0 spiro atoms. The molecule has 0 aliphatic heterocycles. The topological polar surface area (TPSA) is 61.6 Å². The van der Waals surface area contributed by atoms with Gasteiger partial charge in [0.05, 0.1) is 4.92 Å². The van der Waals surface area contributed by atoms with Gasteiger partial charge in [0.25, 0.3) is 5.69 Å². The summed E-state index contributed by atoms with van der Waals surface area (Å²) < 4.78 is 9.95. The van der Waals surface area contributed by atoms with Crippen LogP contribution in [0.5, 0.6) is 0 Å². The summed E-state index contributed by atoms with van der Waals surface area (Å²) in [6, 6.07) is 6.16. The van der Waals surface area contributed by atoms with Gasteiger partial charge < -0.3 is 9.47 Å². The van der Waals surface area contributed by atoms with Crippen molar-refractivity contribution in [2.24, 2.45) is 0 Å². The van der Waals surface area contributed by atoms with Crippen molar-refractivity contribution in [1.82, 2.24) is 0 Å². The zero-order valence-electron chi connectivity index (χ0n) is 7.97. The first-order chi connectivity index (χ1) is 6.69. The fourth-order valence-electron chi connectivity index (χ4n) is 1.15. The van der Waals surface area contributed by atoms with Crippen molar-refractivity contribution in [3.05, 3.63) is 39.9 Å². The molecule has 0 aliphatic carbocycles. The summed E-state index contributed by atoms with van der Waals surface area (Å²) in [4.78, 5) is 10.0. The molecule has 0 heterocycles. The van der Waals surface area contributed by atoms with Crippen molar-refractivity contribution >= 4 is 5.69 Å². The molecule has 1 rings (SSSR count). The van der Waals surface area contributed by atoms with Crippen LogP contribution in [-0.4, -0.2) is 19.1 Å². The summed E-state index contributed by atoms with van der Waals surface area (Å²) in [7, 11) is 2.96. The second kappa shape index (κ2) is 4.69. The molecule has 5 heteroatoms. The first-order valence-electron chi connectivity index (χ1n) is 3.99. The third kappa shape index (κ3) is 2.27. The number of hydrogen-bond donors (Lipinski definition) is 0. The minimum atomic E-state index is -0.560. The molecule has 1 aromatic rings. The van der Waals surface area contributed by atoms with Gasteiger partial charge in [0.1, 0.15) is 0 Å². The number of hydrogen-bond acceptors (Lipinski definition) is 4. The lowest BCUT2D eigenvalue weighted by Gasteiger charge is -2.12. The molecule has 0 unspecified atom stereocenters. The van der Waals surface area contributed by atoms with Crippen LogP contribution in [0.4, 0.5) is 5.69 Å². The number of nitro benzene ring substituents is 1. The van der Waals surface area contributed by atoms with Crippen molar-refractivity contribution in [3.8, 4) is 0 Å². The van der Waals surface area contributed by atoms with Crippen molar-refractivity contribution in [2.45, 2.75) is 6.29 Å². The number of benzene rings is 1. The molecule has 0 aliphatic rings. The molecule has 0 radical (unpaired) electrons. The van der Waals surface area contributed by atoms with Crippen molar-refractivity contribution in [1.29, 1.82) is 0 Å². The van der Waals surface area contributed by atoms with Gasteiger partial charge in [0, 0.05) is 31.9 Å². The summed E-state index contributed by atoms with van der Waals surface area (Å²) >= 11 is 0. The van der Waals surface area contributed by atoms with Gasteiger partial charge >= 0.3 is 0 Å². The summed E-state index contributed by atoms with van der Waals surface area (Å²) in [6.07, 6.45) is -0.560. The number of nitro groups is 1. The maximum Gasteiger partial charge on any atom is 0.269 e. The van der Waals surface area contributed by atoms with E-state index in [2.05, 4.69) is 0 Å². The highest BCUT2D eigenvalue weighted by molar-refractivity contribution is 5.34. The van der Waals surface area contributed by atoms with E-state index in [0.29, 0.717) is 5.56 Å². The molecular formula is C9H11NO4. The first-order valence-corrected chi connectivity index (χ1v) is 3.99. The van der Waals surface area contributed by atoms with Crippen LogP contribution in [0.25, 0.3) is 0 Å². The summed E-state index contributed by atoms with van der Waals surface area (Å²) in [5, 5.41) is 10.5. The van der Waals surface area contributed by atoms with E-state index >= 15 is 0 Å². The van der Waals surface area contributed by atoms with Gasteiger partial charge in [-0.1, -0.05) is 12.1 Å². The third-order valence-corrected chi connectivity index (χ3v) is 1.78. The van der Waals surface area contributed by atoms with Crippen LogP contribution in [-0.2, 0) is 9.47 Å². The lowest BCUT2D eigenvalue weighted by atomic mass is 10.2. The molecule has 0 amide bonds. The summed E-state index contributed by atoms with van der Waals surface area (Å²) in [6.45, 7) is 0. The van der Waals surface area contributed by atoms with Gasteiger partial charge in [0.15, 0.2) is 6.29 Å². The Morgan fingerprint density at radius 1 is 1.36 bits per heavy atom. The van der Waals surface area contributed by atoms with Crippen molar-refractivity contribution < 1.29 is 14.4 Å². The monoisotopic (exact) mass is 197 g/mol. The predicted molar refractivity (Wildman–Crippen MR) is 49.9 cm³/mol. The van der Waals surface area contributed by atoms with Gasteiger partial charge in [-0.2, -0.15) is 0 Å². The number of methoxy groups -OCH3 is 2. The summed E-state index contributed by atoms with van der Waals surface area (Å²) in [5.74, 6) is 0. The Kier molecular flexibility index (Phi) is 3.55. The quantitative estimate of drug-likeness (QED) is 0.420. The van der Waals surface area contributed by atoms with Gasteiger partial charge in [0.2, 0.25) is 0 Å². The Labute approximate surface area is 81.4 Å². The molecule has 0 saturated carbocycles. The zero-order valence-corrected chi connectivity index (χ0v) is 7.97. The highest BCUT2D eigenvalue weighted by Crippen LogP contribution is 2.21. The molecule has 76 valence electrons. The lowest BCUT2D eigenvalue weighted by Crippen LogP contribution is -2.03. The van der Waals surface area contributed by atoms with E-state index in [-0.39, 0.29) is 5.69 Å². The van der Waals surface area contributed by atoms with Gasteiger partial charge in [-0.25, -0.2) is 0 Å². The maximum absolute atomic E-state index is 10.5. The Balaban J connectivity index is 2.98. The van der Waals surface area contributed by atoms with E-state index in [0.717, 1.165) is 0 Å². The molecule has 0 N–H and O–H groups in total. The van der Waals surface area contributed by atoms with E-state index in [9.17, 15) is 10.1 Å². The van der Waals surface area contributed by atoms with Crippen LogP contribution >= 0.6 is 0 Å². The van der Waals surface area contributed by atoms with Gasteiger partial charge in [-0.15, -0.1) is 0 Å². The third-order valence-electron chi connectivity index (χ3n) is 1.78. The van der Waals surface area contributed by atoms with Crippen LogP contribution in [0.2, 0.25) is 0 Å². The number of nitrogens with zero attached hydrogens (tertiary/aromatic N) is 1. The van der Waals surface area contributed by atoms with E-state index < -0.39 is 11.2 Å². The number of rotatable bonds is 4. The van der Waals surface area contributed by atoms with Crippen molar-refractivity contribution in [2.75, 3.05) is 14.2 Å². The Morgan fingerprint density at radius 2 is 2.00 bits per heavy atom. The van der Waals surface area contributed by atoms with Gasteiger partial charge in [-0.3, -0.25) is 10.1 Å². The second-order valence-electron chi connectivity index (χ2n) is 2.66. The van der Waals surface area contributed by atoms with Crippen LogP contribution in [0.15, 0.2) is 24.3 Å². The molecule has 0 bridgehead atoms. The fraction of sp³-hybridized carbons (Fsp3) is 0.333. The highest BCUT2D eigenvalue weighted by Gasteiger charge is 2.12. The van der Waals surface area contributed by atoms with E-state index in [1.54, 1.807) is 12.1 Å². The fourth-order valence-corrected chi connectivity index (χ4v) is 1.15. The largest absolute Gasteiger partial charge is 0.352 e. The molecule has 0 aromatic heterocycles. The lowest BCUT2D eigenvalue weighted by molar-refractivity contribution is -0.385. The highest BCUT2D eigenvalue weighted by atomic mass is 16.7. The average Bonchev–Trinajstić information content (AvgIpc) is 2.20. The minimum Gasteiger partial charge on any atom is -0.352 e. The second-order valence-corrected chi connectivity index (χ2v) is 2.66. The van der Waals surface area contributed by atoms with Crippen LogP contribution < -0.4 is 0 Å². The van der Waals surface area contributed by atoms with Gasteiger partial charge in [-0.05, 0) is 0 Å². The molecule has 0 atom stereocenters. The predicted octanol–water partition coefficient (Wildman–Crippen LogP) is 1.89. The molecule has 1 aromatic carbocycles. The zero-order chi connectivity index (χ0) is 10.6. The molecular weight excluding hydrogens is 186 g/mol. The molecule has 5 nitrogen and oxygen atoms in total. The minimum absolute atomic E-state index is 0.0293. The average molecular weight is 197 g/mol.